The number of halogens is 3. The molecule has 0 aromatic carbocycles. The first kappa shape index (κ1) is 19.5. The Bertz CT molecular complexity index is 577. The Morgan fingerprint density at radius 2 is 1.69 bits per heavy atom. The van der Waals surface area contributed by atoms with Crippen LogP contribution < -0.4 is 5.32 Å². The van der Waals surface area contributed by atoms with Crippen LogP contribution in [-0.4, -0.2) is 34.2 Å². The van der Waals surface area contributed by atoms with Crippen molar-refractivity contribution in [2.75, 3.05) is 5.32 Å². The summed E-state index contributed by atoms with van der Waals surface area (Å²) in [6, 6.07) is -0.222. The number of thiazole rings is 1. The third-order valence-electron chi connectivity index (χ3n) is 5.81. The van der Waals surface area contributed by atoms with Gasteiger partial charge < -0.3 is 4.90 Å². The lowest BCUT2D eigenvalue weighted by molar-refractivity contribution is -0.184. The molecule has 1 heterocycles. The van der Waals surface area contributed by atoms with Crippen LogP contribution in [0.3, 0.4) is 0 Å². The average Bonchev–Trinajstić information content (AvgIpc) is 3.09. The van der Waals surface area contributed by atoms with Gasteiger partial charge in [-0.3, -0.25) is 5.32 Å². The van der Waals surface area contributed by atoms with Gasteiger partial charge in [-0.2, -0.15) is 13.2 Å². The molecule has 1 aromatic heterocycles. The largest absolute Gasteiger partial charge is 0.391 e. The van der Waals surface area contributed by atoms with Gasteiger partial charge in [-0.05, 0) is 57.3 Å². The van der Waals surface area contributed by atoms with Crippen molar-refractivity contribution >= 4 is 22.5 Å². The molecule has 2 amide bonds. The zero-order valence-electron chi connectivity index (χ0n) is 15.0. The molecular weight excluding hydrogens is 363 g/mol. The van der Waals surface area contributed by atoms with E-state index in [1.807, 2.05) is 4.90 Å². The molecule has 2 aliphatic carbocycles. The third-order valence-corrected chi connectivity index (χ3v) is 6.50. The second-order valence-corrected chi connectivity index (χ2v) is 8.53. The highest BCUT2D eigenvalue weighted by atomic mass is 32.1. The van der Waals surface area contributed by atoms with E-state index in [0.29, 0.717) is 23.9 Å². The normalized spacial score (nSPS) is 30.0. The molecule has 1 N–H and O–H groups in total. The molecule has 2 fully saturated rings. The van der Waals surface area contributed by atoms with E-state index >= 15 is 0 Å². The smallest absolute Gasteiger partial charge is 0.319 e. The fraction of sp³-hybridized carbons (Fsp3) is 0.778. The highest BCUT2D eigenvalue weighted by molar-refractivity contribution is 7.13. The van der Waals surface area contributed by atoms with Gasteiger partial charge in [0.05, 0.1) is 5.92 Å². The van der Waals surface area contributed by atoms with Gasteiger partial charge in [0.25, 0.3) is 0 Å². The maximum atomic E-state index is 13.0. The van der Waals surface area contributed by atoms with Crippen LogP contribution in [0.1, 0.15) is 58.3 Å². The van der Waals surface area contributed by atoms with Crippen molar-refractivity contribution in [1.82, 2.24) is 9.88 Å². The summed E-state index contributed by atoms with van der Waals surface area (Å²) in [4.78, 5) is 18.9. The molecule has 0 unspecified atom stereocenters. The molecule has 0 bridgehead atoms. The van der Waals surface area contributed by atoms with E-state index in [1.54, 1.807) is 11.6 Å². The van der Waals surface area contributed by atoms with Crippen molar-refractivity contribution in [3.05, 3.63) is 11.6 Å². The standard InChI is InChI=1S/C18H26F3N3OS/c1-12-2-6-14(7-3-12)24(17(25)23-16-22-10-11-26-16)15-8-4-13(5-9-15)18(19,20)21/h10-15H,2-9H2,1H3,(H,22,23,25). The fourth-order valence-electron chi connectivity index (χ4n) is 4.27. The minimum atomic E-state index is -4.13. The lowest BCUT2D eigenvalue weighted by atomic mass is 9.82. The number of hydrogen-bond acceptors (Lipinski definition) is 3. The lowest BCUT2D eigenvalue weighted by Gasteiger charge is -2.43. The predicted molar refractivity (Wildman–Crippen MR) is 96.2 cm³/mol. The van der Waals surface area contributed by atoms with Crippen LogP contribution >= 0.6 is 11.3 Å². The van der Waals surface area contributed by atoms with Crippen molar-refractivity contribution in [3.63, 3.8) is 0 Å². The van der Waals surface area contributed by atoms with Gasteiger partial charge in [-0.1, -0.05) is 6.92 Å². The number of rotatable bonds is 3. The van der Waals surface area contributed by atoms with E-state index in [-0.39, 0.29) is 31.0 Å². The molecule has 0 atom stereocenters. The Hall–Kier alpha value is -1.31. The summed E-state index contributed by atoms with van der Waals surface area (Å²) < 4.78 is 38.9. The summed E-state index contributed by atoms with van der Waals surface area (Å²) in [5, 5.41) is 5.17. The quantitative estimate of drug-likeness (QED) is 0.723. The van der Waals surface area contributed by atoms with E-state index in [9.17, 15) is 18.0 Å². The molecule has 0 saturated heterocycles. The summed E-state index contributed by atoms with van der Waals surface area (Å²) in [7, 11) is 0. The molecule has 146 valence electrons. The van der Waals surface area contributed by atoms with Crippen LogP contribution in [0.25, 0.3) is 0 Å². The van der Waals surface area contributed by atoms with E-state index < -0.39 is 12.1 Å². The summed E-state index contributed by atoms with van der Waals surface area (Å²) in [5.41, 5.74) is 0. The van der Waals surface area contributed by atoms with Gasteiger partial charge in [-0.25, -0.2) is 9.78 Å². The second-order valence-electron chi connectivity index (χ2n) is 7.64. The van der Waals surface area contributed by atoms with E-state index in [1.165, 1.54) is 11.3 Å². The van der Waals surface area contributed by atoms with Crippen molar-refractivity contribution < 1.29 is 18.0 Å². The van der Waals surface area contributed by atoms with Crippen molar-refractivity contribution in [2.24, 2.45) is 11.8 Å². The molecule has 4 nitrogen and oxygen atoms in total. The average molecular weight is 389 g/mol. The summed E-state index contributed by atoms with van der Waals surface area (Å²) in [6.45, 7) is 2.21. The zero-order valence-corrected chi connectivity index (χ0v) is 15.8. The Kier molecular flexibility index (Phi) is 6.10. The first-order valence-corrected chi connectivity index (χ1v) is 10.3. The van der Waals surface area contributed by atoms with Crippen LogP contribution in [0, 0.1) is 11.8 Å². The Labute approximate surface area is 156 Å². The second kappa shape index (κ2) is 8.15. The molecule has 2 saturated carbocycles. The molecule has 0 radical (unpaired) electrons. The number of alkyl halides is 3. The van der Waals surface area contributed by atoms with E-state index in [0.717, 1.165) is 25.7 Å². The van der Waals surface area contributed by atoms with Crippen LogP contribution in [0.2, 0.25) is 0 Å². The molecule has 0 spiro atoms. The summed E-state index contributed by atoms with van der Waals surface area (Å²) >= 11 is 1.35. The zero-order chi connectivity index (χ0) is 18.7. The monoisotopic (exact) mass is 389 g/mol. The van der Waals surface area contributed by atoms with Crippen LogP contribution in [0.15, 0.2) is 11.6 Å². The Balaban J connectivity index is 1.69. The van der Waals surface area contributed by atoms with Crippen LogP contribution in [0.4, 0.5) is 23.1 Å². The number of nitrogens with one attached hydrogen (secondary N) is 1. The number of hydrogen-bond donors (Lipinski definition) is 1. The highest BCUT2D eigenvalue weighted by Crippen LogP contribution is 2.40. The van der Waals surface area contributed by atoms with Crippen LogP contribution in [0.5, 0.6) is 0 Å². The van der Waals surface area contributed by atoms with Crippen LogP contribution in [-0.2, 0) is 0 Å². The minimum absolute atomic E-state index is 0.109. The van der Waals surface area contributed by atoms with Crippen molar-refractivity contribution in [2.45, 2.75) is 76.6 Å². The maximum Gasteiger partial charge on any atom is 0.391 e. The number of aromatic nitrogens is 1. The molecule has 8 heteroatoms. The minimum Gasteiger partial charge on any atom is -0.319 e. The Morgan fingerprint density at radius 3 is 2.19 bits per heavy atom. The van der Waals surface area contributed by atoms with Gasteiger partial charge in [0.1, 0.15) is 0 Å². The number of nitrogens with zero attached hydrogens (tertiary/aromatic N) is 2. The first-order chi connectivity index (χ1) is 12.3. The van der Waals surface area contributed by atoms with Crippen molar-refractivity contribution in [1.29, 1.82) is 0 Å². The molecule has 26 heavy (non-hydrogen) atoms. The van der Waals surface area contributed by atoms with Gasteiger partial charge >= 0.3 is 12.2 Å². The molecule has 2 aliphatic rings. The van der Waals surface area contributed by atoms with E-state index in [4.69, 9.17) is 0 Å². The third kappa shape index (κ3) is 4.69. The maximum absolute atomic E-state index is 13.0. The Morgan fingerprint density at radius 1 is 1.12 bits per heavy atom. The molecule has 1 aromatic rings. The number of urea groups is 1. The predicted octanol–water partition coefficient (Wildman–Crippen LogP) is 5.68. The lowest BCUT2D eigenvalue weighted by Crippen LogP contribution is -2.52. The highest BCUT2D eigenvalue weighted by Gasteiger charge is 2.44. The van der Waals surface area contributed by atoms with Gasteiger partial charge in [0.15, 0.2) is 5.13 Å². The number of amides is 2. The number of carbonyl (C=O) groups excluding carboxylic acids is 1. The fourth-order valence-corrected chi connectivity index (χ4v) is 4.79. The SMILES string of the molecule is CC1CCC(N(C(=O)Nc2nccs2)C2CCC(C(F)(F)F)CC2)CC1. The molecule has 0 aliphatic heterocycles. The van der Waals surface area contributed by atoms with E-state index in [2.05, 4.69) is 17.2 Å². The number of carbonyl (C=O) groups is 1. The molecular formula is C18H26F3N3OS. The summed E-state index contributed by atoms with van der Waals surface area (Å²) in [6.07, 6.45) is 2.52. The first-order valence-electron chi connectivity index (χ1n) is 9.40. The van der Waals surface area contributed by atoms with Gasteiger partial charge in [-0.15, -0.1) is 11.3 Å². The topological polar surface area (TPSA) is 45.2 Å². The summed E-state index contributed by atoms with van der Waals surface area (Å²) in [5.74, 6) is -0.579. The van der Waals surface area contributed by atoms with Crippen molar-refractivity contribution in [3.8, 4) is 0 Å². The number of anilines is 1. The molecule has 3 rings (SSSR count). The van der Waals surface area contributed by atoms with Gasteiger partial charge in [0.2, 0.25) is 0 Å². The van der Waals surface area contributed by atoms with Gasteiger partial charge in [0, 0.05) is 23.7 Å².